The van der Waals surface area contributed by atoms with E-state index in [4.69, 9.17) is 12.2 Å². The van der Waals surface area contributed by atoms with E-state index >= 15 is 0 Å². The number of hydrogen-bond donors (Lipinski definition) is 1. The van der Waals surface area contributed by atoms with E-state index in [0.717, 1.165) is 23.7 Å². The highest BCUT2D eigenvalue weighted by atomic mass is 32.1. The van der Waals surface area contributed by atoms with Crippen LogP contribution in [0.2, 0.25) is 0 Å². The molecule has 0 radical (unpaired) electrons. The van der Waals surface area contributed by atoms with Crippen LogP contribution in [-0.4, -0.2) is 28.9 Å². The molecule has 82 valence electrons. The van der Waals surface area contributed by atoms with Gasteiger partial charge in [-0.15, -0.1) is 0 Å². The molecule has 2 saturated heterocycles. The summed E-state index contributed by atoms with van der Waals surface area (Å²) in [7, 11) is 0. The lowest BCUT2D eigenvalue weighted by molar-refractivity contribution is 0.188. The van der Waals surface area contributed by atoms with E-state index in [9.17, 15) is 0 Å². The van der Waals surface area contributed by atoms with Crippen LogP contribution in [0, 0.1) is 5.41 Å². The molecule has 0 spiro atoms. The van der Waals surface area contributed by atoms with E-state index in [-0.39, 0.29) is 5.41 Å². The summed E-state index contributed by atoms with van der Waals surface area (Å²) >= 11 is 5.55. The van der Waals surface area contributed by atoms with Gasteiger partial charge in [-0.3, -0.25) is 0 Å². The van der Waals surface area contributed by atoms with Crippen molar-refractivity contribution in [2.24, 2.45) is 5.41 Å². The van der Waals surface area contributed by atoms with Crippen molar-refractivity contribution in [3.05, 3.63) is 25.1 Å². The molecule has 2 aliphatic heterocycles. The zero-order valence-electron chi connectivity index (χ0n) is 9.25. The van der Waals surface area contributed by atoms with E-state index in [1.54, 1.807) is 0 Å². The van der Waals surface area contributed by atoms with Crippen molar-refractivity contribution in [2.45, 2.75) is 25.8 Å². The highest BCUT2D eigenvalue weighted by molar-refractivity contribution is 7.81. The number of fused-ring (bicyclic) bond motifs is 1. The number of thiocarbonyl (C=S) groups is 1. The highest BCUT2D eigenvalue weighted by Crippen LogP contribution is 2.39. The summed E-state index contributed by atoms with van der Waals surface area (Å²) in [5, 5.41) is 3.56. The predicted molar refractivity (Wildman–Crippen MR) is 67.8 cm³/mol. The fourth-order valence-corrected chi connectivity index (χ4v) is 2.98. The van der Waals surface area contributed by atoms with Crippen LogP contribution in [0.3, 0.4) is 0 Å². The third-order valence-corrected chi connectivity index (χ3v) is 4.46. The van der Waals surface area contributed by atoms with E-state index < -0.39 is 0 Å². The smallest absolute Gasteiger partial charge is 0.0481 e. The molecule has 0 amide bonds. The third-order valence-electron chi connectivity index (χ3n) is 3.76. The zero-order valence-corrected chi connectivity index (χ0v) is 10.1. The minimum atomic E-state index is 0.115. The van der Waals surface area contributed by atoms with Gasteiger partial charge in [-0.05, 0) is 25.6 Å². The second-order valence-electron chi connectivity index (χ2n) is 4.64. The molecule has 3 heteroatoms. The number of allylic oxidation sites excluding steroid dienone is 1. The largest absolute Gasteiger partial charge is 0.347 e. The van der Waals surface area contributed by atoms with E-state index in [0.29, 0.717) is 6.04 Å². The summed E-state index contributed by atoms with van der Waals surface area (Å²) in [4.78, 5) is 3.07. The van der Waals surface area contributed by atoms with E-state index in [2.05, 4.69) is 30.3 Å². The summed E-state index contributed by atoms with van der Waals surface area (Å²) in [5.41, 5.74) is 1.08. The molecule has 0 bridgehead atoms. The first-order chi connectivity index (χ1) is 7.09. The normalized spacial score (nSPS) is 36.3. The first-order valence-corrected chi connectivity index (χ1v) is 5.86. The first kappa shape index (κ1) is 10.8. The van der Waals surface area contributed by atoms with Gasteiger partial charge in [0.1, 0.15) is 0 Å². The van der Waals surface area contributed by atoms with Gasteiger partial charge in [-0.1, -0.05) is 32.3 Å². The number of hydrogen-bond acceptors (Lipinski definition) is 3. The highest BCUT2D eigenvalue weighted by Gasteiger charge is 2.45. The summed E-state index contributed by atoms with van der Waals surface area (Å²) < 4.78 is 0. The maximum absolute atomic E-state index is 5.55. The molecular formula is C12H18N2S. The average Bonchev–Trinajstić information content (AvgIpc) is 2.25. The predicted octanol–water partition coefficient (Wildman–Crippen LogP) is 2.09. The van der Waals surface area contributed by atoms with Gasteiger partial charge in [-0.2, -0.15) is 0 Å². The number of nitrogens with zero attached hydrogens (tertiary/aromatic N) is 1. The van der Waals surface area contributed by atoms with Crippen LogP contribution in [0.4, 0.5) is 0 Å². The summed E-state index contributed by atoms with van der Waals surface area (Å²) in [5.74, 6) is 0. The Morgan fingerprint density at radius 3 is 3.07 bits per heavy atom. The second kappa shape index (κ2) is 3.72. The second-order valence-corrected chi connectivity index (χ2v) is 5.05. The Morgan fingerprint density at radius 2 is 2.40 bits per heavy atom. The molecule has 2 fully saturated rings. The maximum atomic E-state index is 5.55. The van der Waals surface area contributed by atoms with Crippen LogP contribution in [0.25, 0.3) is 0 Å². The van der Waals surface area contributed by atoms with E-state index in [1.165, 1.54) is 12.8 Å². The van der Waals surface area contributed by atoms with Crippen molar-refractivity contribution in [1.29, 1.82) is 0 Å². The molecule has 0 aromatic rings. The molecule has 15 heavy (non-hydrogen) atoms. The van der Waals surface area contributed by atoms with Gasteiger partial charge in [-0.25, -0.2) is 0 Å². The minimum absolute atomic E-state index is 0.115. The fraction of sp³-hybridized carbons (Fsp3) is 0.583. The molecule has 1 N–H and O–H groups in total. The molecule has 0 saturated carbocycles. The lowest BCUT2D eigenvalue weighted by Gasteiger charge is -2.50. The van der Waals surface area contributed by atoms with Crippen molar-refractivity contribution >= 4 is 17.1 Å². The molecule has 0 aromatic heterocycles. The molecule has 0 unspecified atom stereocenters. The quantitative estimate of drug-likeness (QED) is 0.540. The van der Waals surface area contributed by atoms with Crippen molar-refractivity contribution < 1.29 is 0 Å². The fourth-order valence-electron chi connectivity index (χ4n) is 2.62. The van der Waals surface area contributed by atoms with Crippen LogP contribution < -0.4 is 5.32 Å². The van der Waals surface area contributed by atoms with Gasteiger partial charge in [0.25, 0.3) is 0 Å². The maximum Gasteiger partial charge on any atom is 0.0481 e. The standard InChI is InChI=1S/C12H18N2S/c1-4-14-8-10-12(3,6-5-7-13-10)11(15)9(14)2/h4,10,13H,1-2,5-8H2,3H3/t10-,12-/m0/s1. The minimum Gasteiger partial charge on any atom is -0.347 e. The summed E-state index contributed by atoms with van der Waals surface area (Å²) in [6.45, 7) is 12.2. The zero-order chi connectivity index (χ0) is 11.1. The van der Waals surface area contributed by atoms with Gasteiger partial charge >= 0.3 is 0 Å². The van der Waals surface area contributed by atoms with Gasteiger partial charge in [0.05, 0.1) is 0 Å². The lowest BCUT2D eigenvalue weighted by Crippen LogP contribution is -2.60. The Labute approximate surface area is 97.0 Å². The number of nitrogens with one attached hydrogen (secondary N) is 1. The molecule has 2 rings (SSSR count). The van der Waals surface area contributed by atoms with Crippen LogP contribution >= 0.6 is 12.2 Å². The van der Waals surface area contributed by atoms with Gasteiger partial charge < -0.3 is 10.2 Å². The summed E-state index contributed by atoms with van der Waals surface area (Å²) in [6.07, 6.45) is 4.20. The molecule has 2 nitrogen and oxygen atoms in total. The van der Waals surface area contributed by atoms with Crippen molar-refractivity contribution in [1.82, 2.24) is 10.2 Å². The van der Waals surface area contributed by atoms with Crippen molar-refractivity contribution in [3.8, 4) is 0 Å². The Morgan fingerprint density at radius 1 is 1.67 bits per heavy atom. The monoisotopic (exact) mass is 222 g/mol. The number of piperidine rings is 2. The van der Waals surface area contributed by atoms with Crippen molar-refractivity contribution in [2.75, 3.05) is 13.1 Å². The number of likely N-dealkylation sites (tertiary alicyclic amines) is 1. The van der Waals surface area contributed by atoms with Gasteiger partial charge in [0.15, 0.2) is 0 Å². The third kappa shape index (κ3) is 1.54. The molecule has 2 heterocycles. The number of rotatable bonds is 1. The molecule has 2 aliphatic rings. The average molecular weight is 222 g/mol. The van der Waals surface area contributed by atoms with E-state index in [1.807, 2.05) is 6.20 Å². The Kier molecular flexibility index (Phi) is 2.69. The lowest BCUT2D eigenvalue weighted by atomic mass is 9.70. The van der Waals surface area contributed by atoms with Gasteiger partial charge in [0.2, 0.25) is 0 Å². The van der Waals surface area contributed by atoms with Crippen LogP contribution in [0.15, 0.2) is 25.1 Å². The Balaban J connectivity index is 2.31. The Bertz CT molecular complexity index is 324. The SMILES string of the molecule is C=CN1C[C@@H]2NCCC[C@]2(C)C(=S)C1=C. The summed E-state index contributed by atoms with van der Waals surface area (Å²) in [6, 6.07) is 0.447. The Hall–Kier alpha value is -0.670. The van der Waals surface area contributed by atoms with Crippen molar-refractivity contribution in [3.63, 3.8) is 0 Å². The van der Waals surface area contributed by atoms with Crippen LogP contribution in [-0.2, 0) is 0 Å². The van der Waals surface area contributed by atoms with Crippen LogP contribution in [0.1, 0.15) is 19.8 Å². The molecule has 0 aromatic carbocycles. The molecular weight excluding hydrogens is 204 g/mol. The van der Waals surface area contributed by atoms with Gasteiger partial charge in [0, 0.05) is 28.6 Å². The van der Waals surface area contributed by atoms with Crippen LogP contribution in [0.5, 0.6) is 0 Å². The first-order valence-electron chi connectivity index (χ1n) is 5.46. The molecule has 0 aliphatic carbocycles. The topological polar surface area (TPSA) is 15.3 Å². The molecule has 2 atom stereocenters.